The highest BCUT2D eigenvalue weighted by atomic mass is 16.3. The van der Waals surface area contributed by atoms with Gasteiger partial charge in [0.1, 0.15) is 0 Å². The Morgan fingerprint density at radius 3 is 2.75 bits per heavy atom. The van der Waals surface area contributed by atoms with Crippen LogP contribution < -0.4 is 10.6 Å². The zero-order chi connectivity index (χ0) is 14.4. The van der Waals surface area contributed by atoms with Crippen LogP contribution in [0.5, 0.6) is 0 Å². The van der Waals surface area contributed by atoms with Crippen LogP contribution in [0.3, 0.4) is 0 Å². The molecule has 1 saturated heterocycles. The average Bonchev–Trinajstić information content (AvgIpc) is 2.47. The standard InChI is InChI=1S/C16H24N2O2/c1-12(19)18-15(11-13-7-3-2-4-8-13)16(20)14-9-5-6-10-17-14/h2-4,7-8,14-17,20H,5-6,9-11H2,1H3,(H,18,19)/t14?,15-,16+/m0/s1. The lowest BCUT2D eigenvalue weighted by molar-refractivity contribution is -0.120. The molecule has 0 spiro atoms. The third-order valence-corrected chi connectivity index (χ3v) is 3.86. The third-order valence-electron chi connectivity index (χ3n) is 3.86. The molecule has 110 valence electrons. The lowest BCUT2D eigenvalue weighted by atomic mass is 9.91. The maximum absolute atomic E-state index is 11.4. The maximum Gasteiger partial charge on any atom is 0.217 e. The van der Waals surface area contributed by atoms with E-state index in [2.05, 4.69) is 10.6 Å². The number of carbonyl (C=O) groups excluding carboxylic acids is 1. The van der Waals surface area contributed by atoms with Gasteiger partial charge in [0.2, 0.25) is 5.91 Å². The molecule has 0 aliphatic carbocycles. The molecule has 4 heteroatoms. The summed E-state index contributed by atoms with van der Waals surface area (Å²) in [6.07, 6.45) is 3.35. The summed E-state index contributed by atoms with van der Waals surface area (Å²) in [4.78, 5) is 11.4. The maximum atomic E-state index is 11.4. The molecule has 1 heterocycles. The Balaban J connectivity index is 2.03. The summed E-state index contributed by atoms with van der Waals surface area (Å²) in [5.74, 6) is -0.0965. The van der Waals surface area contributed by atoms with E-state index in [0.717, 1.165) is 31.4 Å². The smallest absolute Gasteiger partial charge is 0.217 e. The van der Waals surface area contributed by atoms with E-state index >= 15 is 0 Å². The number of hydrogen-bond donors (Lipinski definition) is 3. The fraction of sp³-hybridized carbons (Fsp3) is 0.562. The van der Waals surface area contributed by atoms with E-state index in [0.29, 0.717) is 6.42 Å². The number of piperidine rings is 1. The highest BCUT2D eigenvalue weighted by molar-refractivity contribution is 5.73. The number of aliphatic hydroxyl groups excluding tert-OH is 1. The van der Waals surface area contributed by atoms with Gasteiger partial charge in [-0.3, -0.25) is 4.79 Å². The summed E-state index contributed by atoms with van der Waals surface area (Å²) in [5.41, 5.74) is 1.13. The number of aliphatic hydroxyl groups is 1. The Labute approximate surface area is 120 Å². The summed E-state index contributed by atoms with van der Waals surface area (Å²) < 4.78 is 0. The Hall–Kier alpha value is -1.39. The quantitative estimate of drug-likeness (QED) is 0.758. The second-order valence-electron chi connectivity index (χ2n) is 5.54. The number of benzene rings is 1. The summed E-state index contributed by atoms with van der Waals surface area (Å²) in [5, 5.41) is 16.8. The number of hydrogen-bond acceptors (Lipinski definition) is 3. The lowest BCUT2D eigenvalue weighted by Gasteiger charge is -2.33. The van der Waals surface area contributed by atoms with Crippen LogP contribution in [0.2, 0.25) is 0 Å². The number of rotatable bonds is 5. The molecule has 1 unspecified atom stereocenters. The fourth-order valence-electron chi connectivity index (χ4n) is 2.84. The lowest BCUT2D eigenvalue weighted by Crippen LogP contribution is -2.54. The molecule has 0 saturated carbocycles. The normalized spacial score (nSPS) is 22.0. The van der Waals surface area contributed by atoms with Crippen molar-refractivity contribution in [1.29, 1.82) is 0 Å². The summed E-state index contributed by atoms with van der Waals surface area (Å²) in [6.45, 7) is 2.44. The van der Waals surface area contributed by atoms with Crippen molar-refractivity contribution >= 4 is 5.91 Å². The third kappa shape index (κ3) is 4.32. The molecule has 1 aliphatic heterocycles. The van der Waals surface area contributed by atoms with Crippen LogP contribution >= 0.6 is 0 Å². The molecule has 2 rings (SSSR count). The van der Waals surface area contributed by atoms with Gasteiger partial charge in [0.25, 0.3) is 0 Å². The van der Waals surface area contributed by atoms with Gasteiger partial charge < -0.3 is 15.7 Å². The minimum atomic E-state index is -0.556. The first-order valence-electron chi connectivity index (χ1n) is 7.39. The monoisotopic (exact) mass is 276 g/mol. The molecular weight excluding hydrogens is 252 g/mol. The van der Waals surface area contributed by atoms with Gasteiger partial charge in [-0.1, -0.05) is 36.8 Å². The van der Waals surface area contributed by atoms with Gasteiger partial charge in [-0.15, -0.1) is 0 Å². The van der Waals surface area contributed by atoms with Crippen molar-refractivity contribution in [3.05, 3.63) is 35.9 Å². The Morgan fingerprint density at radius 1 is 1.40 bits per heavy atom. The van der Waals surface area contributed by atoms with Crippen LogP contribution in [0.4, 0.5) is 0 Å². The van der Waals surface area contributed by atoms with Crippen LogP contribution in [-0.4, -0.2) is 35.7 Å². The van der Waals surface area contributed by atoms with E-state index in [1.807, 2.05) is 30.3 Å². The number of amides is 1. The van der Waals surface area contributed by atoms with Gasteiger partial charge >= 0.3 is 0 Å². The molecule has 0 radical (unpaired) electrons. The Kier molecular flexibility index (Phi) is 5.56. The molecule has 1 aromatic carbocycles. The number of nitrogens with one attached hydrogen (secondary N) is 2. The molecular formula is C16H24N2O2. The van der Waals surface area contributed by atoms with Crippen molar-refractivity contribution < 1.29 is 9.90 Å². The van der Waals surface area contributed by atoms with E-state index in [4.69, 9.17) is 0 Å². The summed E-state index contributed by atoms with van der Waals surface area (Å²) in [6, 6.07) is 9.80. The predicted molar refractivity (Wildman–Crippen MR) is 79.4 cm³/mol. The van der Waals surface area contributed by atoms with Crippen LogP contribution in [0, 0.1) is 0 Å². The van der Waals surface area contributed by atoms with Crippen molar-refractivity contribution in [2.45, 2.75) is 50.8 Å². The second-order valence-corrected chi connectivity index (χ2v) is 5.54. The number of carbonyl (C=O) groups is 1. The molecule has 4 nitrogen and oxygen atoms in total. The summed E-state index contributed by atoms with van der Waals surface area (Å²) >= 11 is 0. The van der Waals surface area contributed by atoms with Crippen LogP contribution in [0.1, 0.15) is 31.7 Å². The van der Waals surface area contributed by atoms with Crippen molar-refractivity contribution in [2.75, 3.05) is 6.54 Å². The molecule has 0 aromatic heterocycles. The zero-order valence-corrected chi connectivity index (χ0v) is 12.0. The van der Waals surface area contributed by atoms with Gasteiger partial charge in [-0.05, 0) is 31.4 Å². The van der Waals surface area contributed by atoms with Crippen molar-refractivity contribution in [1.82, 2.24) is 10.6 Å². The Morgan fingerprint density at radius 2 is 2.15 bits per heavy atom. The SMILES string of the molecule is CC(=O)N[C@@H](Cc1ccccc1)[C@H](O)C1CCCCN1. The van der Waals surface area contributed by atoms with E-state index in [9.17, 15) is 9.90 Å². The molecule has 20 heavy (non-hydrogen) atoms. The van der Waals surface area contributed by atoms with Crippen LogP contribution in [0.15, 0.2) is 30.3 Å². The largest absolute Gasteiger partial charge is 0.389 e. The second kappa shape index (κ2) is 7.41. The van der Waals surface area contributed by atoms with Crippen molar-refractivity contribution in [2.24, 2.45) is 0 Å². The first-order valence-corrected chi connectivity index (χ1v) is 7.39. The van der Waals surface area contributed by atoms with Crippen LogP contribution in [-0.2, 0) is 11.2 Å². The van der Waals surface area contributed by atoms with E-state index < -0.39 is 6.10 Å². The minimum Gasteiger partial charge on any atom is -0.389 e. The molecule has 1 amide bonds. The zero-order valence-electron chi connectivity index (χ0n) is 12.0. The van der Waals surface area contributed by atoms with E-state index in [-0.39, 0.29) is 18.0 Å². The molecule has 1 aromatic rings. The van der Waals surface area contributed by atoms with E-state index in [1.165, 1.54) is 6.92 Å². The van der Waals surface area contributed by atoms with E-state index in [1.54, 1.807) is 0 Å². The van der Waals surface area contributed by atoms with Gasteiger partial charge in [-0.2, -0.15) is 0 Å². The summed E-state index contributed by atoms with van der Waals surface area (Å²) in [7, 11) is 0. The molecule has 3 N–H and O–H groups in total. The van der Waals surface area contributed by atoms with Gasteiger partial charge in [0.05, 0.1) is 12.1 Å². The molecule has 0 bridgehead atoms. The Bertz CT molecular complexity index is 416. The first-order chi connectivity index (χ1) is 9.66. The first kappa shape index (κ1) is 15.0. The molecule has 1 fully saturated rings. The highest BCUT2D eigenvalue weighted by Crippen LogP contribution is 2.15. The van der Waals surface area contributed by atoms with Gasteiger partial charge in [0, 0.05) is 13.0 Å². The predicted octanol–water partition coefficient (Wildman–Crippen LogP) is 1.24. The molecule has 1 aliphatic rings. The highest BCUT2D eigenvalue weighted by Gasteiger charge is 2.29. The van der Waals surface area contributed by atoms with Gasteiger partial charge in [-0.25, -0.2) is 0 Å². The average molecular weight is 276 g/mol. The van der Waals surface area contributed by atoms with Gasteiger partial charge in [0.15, 0.2) is 0 Å². The van der Waals surface area contributed by atoms with Crippen LogP contribution in [0.25, 0.3) is 0 Å². The van der Waals surface area contributed by atoms with Crippen molar-refractivity contribution in [3.63, 3.8) is 0 Å². The topological polar surface area (TPSA) is 61.4 Å². The molecule has 3 atom stereocenters. The van der Waals surface area contributed by atoms with Crippen molar-refractivity contribution in [3.8, 4) is 0 Å². The fourth-order valence-corrected chi connectivity index (χ4v) is 2.84. The minimum absolute atomic E-state index is 0.0734.